The smallest absolute Gasteiger partial charge is 0.196 e. The standard InChI is InChI=1S/C9H9Cl2N3.ClH/c10-6-2-1-3-7(11)8(6)14-9-12-4-5-13-9;/h1-3H,4-5H2,(H2,12,13,14);1H/i1+1D,2+1,3+1,6+1,7+1,8+1;. The molecule has 82 valence electrons. The lowest BCUT2D eigenvalue weighted by atomic mass is 10.7. The minimum Gasteiger partial charge on any atom is -0.354 e. The molecule has 0 amide bonds. The van der Waals surface area contributed by atoms with Crippen molar-refractivity contribution in [1.29, 1.82) is 0 Å². The number of anilines is 1. The monoisotopic (exact) mass is 272 g/mol. The van der Waals surface area contributed by atoms with Crippen LogP contribution in [0.5, 0.6) is 0 Å². The maximum Gasteiger partial charge on any atom is 0.196 e. The van der Waals surface area contributed by atoms with Gasteiger partial charge in [-0.2, -0.15) is 0 Å². The van der Waals surface area contributed by atoms with E-state index < -0.39 is 0 Å². The van der Waals surface area contributed by atoms with Gasteiger partial charge in [0.25, 0.3) is 0 Å². The van der Waals surface area contributed by atoms with Gasteiger partial charge < -0.3 is 10.6 Å². The molecule has 0 unspecified atom stereocenters. The van der Waals surface area contributed by atoms with Crippen molar-refractivity contribution in [3.8, 4) is 0 Å². The molecule has 0 aliphatic carbocycles. The normalized spacial score (nSPS) is 14.8. The summed E-state index contributed by atoms with van der Waals surface area (Å²) >= 11 is 11.9. The number of hydrogen-bond donors (Lipinski definition) is 2. The van der Waals surface area contributed by atoms with Crippen molar-refractivity contribution in [3.63, 3.8) is 0 Å². The molecule has 1 heterocycles. The molecule has 6 heteroatoms. The first-order valence-electron chi connectivity index (χ1n) is 4.68. The highest BCUT2D eigenvalue weighted by Crippen LogP contribution is 2.29. The van der Waals surface area contributed by atoms with Gasteiger partial charge in [0.1, 0.15) is 0 Å². The summed E-state index contributed by atoms with van der Waals surface area (Å²) in [6.45, 7) is 1.56. The molecule has 1 aromatic rings. The largest absolute Gasteiger partial charge is 0.354 e. The van der Waals surface area contributed by atoms with Crippen LogP contribution in [0.3, 0.4) is 0 Å². The fourth-order valence-electron chi connectivity index (χ4n) is 1.17. The van der Waals surface area contributed by atoms with Crippen molar-refractivity contribution in [1.82, 2.24) is 5.32 Å². The second-order valence-corrected chi connectivity index (χ2v) is 3.62. The third kappa shape index (κ3) is 2.91. The van der Waals surface area contributed by atoms with Gasteiger partial charge in [0.2, 0.25) is 0 Å². The van der Waals surface area contributed by atoms with E-state index in [-0.39, 0.29) is 18.4 Å². The Labute approximate surface area is 106 Å². The molecule has 1 aliphatic heterocycles. The molecule has 2 N–H and O–H groups in total. The number of halogens is 3. The molecule has 1 aliphatic rings. The summed E-state index contributed by atoms with van der Waals surface area (Å²) in [5, 5.41) is 6.89. The lowest BCUT2D eigenvalue weighted by Crippen LogP contribution is -2.26. The van der Waals surface area contributed by atoms with Crippen molar-refractivity contribution >= 4 is 47.3 Å². The minimum atomic E-state index is 0. The number of para-hydroxylation sites is 1. The first-order valence-corrected chi connectivity index (χ1v) is 4.93. The number of guanidine groups is 1. The summed E-state index contributed by atoms with van der Waals surface area (Å²) in [6.07, 6.45) is 0. The lowest BCUT2D eigenvalue weighted by molar-refractivity contribution is 0.959. The predicted molar refractivity (Wildman–Crippen MR) is 67.6 cm³/mol. The van der Waals surface area contributed by atoms with Crippen LogP contribution in [0.1, 0.15) is 1.37 Å². The van der Waals surface area contributed by atoms with E-state index in [1.165, 1.54) is 12.1 Å². The van der Waals surface area contributed by atoms with Gasteiger partial charge in [-0.15, -0.1) is 12.4 Å². The average Bonchev–Trinajstić information content (AvgIpc) is 2.63. The van der Waals surface area contributed by atoms with Gasteiger partial charge in [-0.25, -0.2) is 0 Å². The topological polar surface area (TPSA) is 36.4 Å². The zero-order chi connectivity index (χ0) is 10.8. The molecule has 2 rings (SSSR count). The quantitative estimate of drug-likeness (QED) is 0.825. The fraction of sp³-hybridized carbons (Fsp3) is 0.222. The van der Waals surface area contributed by atoms with Crippen LogP contribution >= 0.6 is 35.6 Å². The highest BCUT2D eigenvalue weighted by atomic mass is 35.5. The maximum absolute atomic E-state index is 7.42. The van der Waals surface area contributed by atoms with Gasteiger partial charge in [-0.05, 0) is 12.1 Å². The summed E-state index contributed by atoms with van der Waals surface area (Å²) < 4.78 is 7.42. The molecule has 0 saturated heterocycles. The number of benzene rings is 1. The van der Waals surface area contributed by atoms with E-state index in [1.807, 2.05) is 0 Å². The van der Waals surface area contributed by atoms with E-state index in [4.69, 9.17) is 24.6 Å². The van der Waals surface area contributed by atoms with Gasteiger partial charge in [0.15, 0.2) is 5.96 Å². The highest BCUT2D eigenvalue weighted by molar-refractivity contribution is 6.39. The third-order valence-electron chi connectivity index (χ3n) is 1.82. The second-order valence-electron chi connectivity index (χ2n) is 2.81. The van der Waals surface area contributed by atoms with Gasteiger partial charge in [0, 0.05) is 6.54 Å². The van der Waals surface area contributed by atoms with E-state index in [1.54, 1.807) is 0 Å². The zero-order valence-corrected chi connectivity index (χ0v) is 10.0. The molecular formula is C9H10Cl3N3. The average molecular weight is 274 g/mol. The van der Waals surface area contributed by atoms with Crippen LogP contribution < -0.4 is 10.6 Å². The van der Waals surface area contributed by atoms with E-state index in [2.05, 4.69) is 15.6 Å². The number of nitrogens with zero attached hydrogens (tertiary/aromatic N) is 1. The minimum absolute atomic E-state index is 0. The van der Waals surface area contributed by atoms with E-state index in [0.29, 0.717) is 21.7 Å². The Hall–Kier alpha value is -0.640. The predicted octanol–water partition coefficient (Wildman–Crippen LogP) is 2.79. The van der Waals surface area contributed by atoms with E-state index >= 15 is 0 Å². The Morgan fingerprint density at radius 3 is 2.60 bits per heavy atom. The molecule has 15 heavy (non-hydrogen) atoms. The van der Waals surface area contributed by atoms with Gasteiger partial charge in [-0.3, -0.25) is 4.99 Å². The van der Waals surface area contributed by atoms with Crippen LogP contribution in [0, 0.1) is 0 Å². The second kappa shape index (κ2) is 5.45. The molecule has 3 nitrogen and oxygen atoms in total. The van der Waals surface area contributed by atoms with Gasteiger partial charge in [0.05, 0.1) is 23.6 Å². The Bertz CT molecular complexity index is 399. The Kier molecular flexibility index (Phi) is 3.94. The highest BCUT2D eigenvalue weighted by Gasteiger charge is 2.09. The maximum atomic E-state index is 7.42. The molecule has 0 spiro atoms. The van der Waals surface area contributed by atoms with Crippen LogP contribution in [0.15, 0.2) is 23.2 Å². The Balaban J connectivity index is 0.00000128. The number of aliphatic imine (C=N–C) groups is 1. The molecule has 1 aromatic carbocycles. The van der Waals surface area contributed by atoms with Gasteiger partial charge in [-0.1, -0.05) is 29.2 Å². The third-order valence-corrected chi connectivity index (χ3v) is 2.41. The number of hydrogen-bond acceptors (Lipinski definition) is 3. The van der Waals surface area contributed by atoms with Crippen molar-refractivity contribution in [2.75, 3.05) is 18.4 Å². The summed E-state index contributed by atoms with van der Waals surface area (Å²) in [4.78, 5) is 4.17. The summed E-state index contributed by atoms with van der Waals surface area (Å²) in [7, 11) is 0. The van der Waals surface area contributed by atoms with Crippen LogP contribution in [-0.2, 0) is 0 Å². The van der Waals surface area contributed by atoms with Crippen LogP contribution in [0.4, 0.5) is 5.69 Å². The Morgan fingerprint density at radius 2 is 2.07 bits per heavy atom. The lowest BCUT2D eigenvalue weighted by Gasteiger charge is -2.09. The summed E-state index contributed by atoms with van der Waals surface area (Å²) in [6, 6.07) is 3.35. The van der Waals surface area contributed by atoms with E-state index in [0.717, 1.165) is 13.1 Å². The molecule has 0 radical (unpaired) electrons. The number of rotatable bonds is 1. The summed E-state index contributed by atoms with van der Waals surface area (Å²) in [5.41, 5.74) is 0.586. The van der Waals surface area contributed by atoms with Crippen LogP contribution in [0.25, 0.3) is 0 Å². The molecule has 0 atom stereocenters. The van der Waals surface area contributed by atoms with Crippen molar-refractivity contribution in [3.05, 3.63) is 28.2 Å². The Morgan fingerprint density at radius 1 is 1.40 bits per heavy atom. The van der Waals surface area contributed by atoms with Crippen LogP contribution in [-0.4, -0.2) is 19.0 Å². The van der Waals surface area contributed by atoms with Crippen molar-refractivity contribution < 1.29 is 1.37 Å². The summed E-state index contributed by atoms with van der Waals surface area (Å²) in [5.74, 6) is 0.663. The van der Waals surface area contributed by atoms with Crippen molar-refractivity contribution in [2.45, 2.75) is 0 Å². The van der Waals surface area contributed by atoms with Crippen molar-refractivity contribution in [2.24, 2.45) is 4.99 Å². The van der Waals surface area contributed by atoms with E-state index in [9.17, 15) is 0 Å². The SMILES string of the molecule is Cl.[2H][13c]1[13cH][13c](Cl)[13c](NC2=NCCN2)[13c](Cl)[13cH]1. The van der Waals surface area contributed by atoms with Crippen LogP contribution in [0.2, 0.25) is 10.0 Å². The molecule has 0 bridgehead atoms. The molecule has 0 aromatic heterocycles. The first kappa shape index (κ1) is 10.9. The molecular weight excluding hydrogens is 262 g/mol. The van der Waals surface area contributed by atoms with Gasteiger partial charge >= 0.3 is 0 Å². The zero-order valence-electron chi connectivity index (χ0n) is 8.68. The first-order chi connectivity index (χ1) is 7.16. The number of nitrogens with one attached hydrogen (secondary N) is 2. The molecule has 0 saturated carbocycles. The molecule has 0 fully saturated rings. The fourth-order valence-corrected chi connectivity index (χ4v) is 1.64.